The third kappa shape index (κ3) is 4.16. The van der Waals surface area contributed by atoms with Gasteiger partial charge in [0, 0.05) is 43.8 Å². The molecule has 2 atom stereocenters. The zero-order valence-corrected chi connectivity index (χ0v) is 20.3. The number of hydrogen-bond donors (Lipinski definition) is 1. The summed E-state index contributed by atoms with van der Waals surface area (Å²) in [6, 6.07) is 12.7. The van der Waals surface area contributed by atoms with Crippen LogP contribution in [0.15, 0.2) is 36.5 Å². The summed E-state index contributed by atoms with van der Waals surface area (Å²) in [5.41, 5.74) is 5.84. The molecule has 0 spiro atoms. The van der Waals surface area contributed by atoms with E-state index in [1.54, 1.807) is 11.3 Å². The van der Waals surface area contributed by atoms with E-state index in [0.717, 1.165) is 29.0 Å². The minimum Gasteiger partial charge on any atom is -0.348 e. The van der Waals surface area contributed by atoms with Crippen molar-refractivity contribution in [2.75, 3.05) is 11.9 Å². The van der Waals surface area contributed by atoms with Gasteiger partial charge in [0.1, 0.15) is 0 Å². The SMILES string of the molecule is Cc1cc(-c2ccc3nc(N(C)C4CC(C)NC(C)C4)sc3c2)cc2cn(C)nc12.Cl. The van der Waals surface area contributed by atoms with Crippen LogP contribution in [0.5, 0.6) is 0 Å². The van der Waals surface area contributed by atoms with Crippen LogP contribution in [-0.2, 0) is 7.05 Å². The number of halogens is 1. The summed E-state index contributed by atoms with van der Waals surface area (Å²) < 4.78 is 3.13. The third-order valence-corrected chi connectivity index (χ3v) is 7.40. The summed E-state index contributed by atoms with van der Waals surface area (Å²) in [7, 11) is 4.18. The lowest BCUT2D eigenvalue weighted by molar-refractivity contribution is 0.311. The highest BCUT2D eigenvalue weighted by atomic mass is 35.5. The molecule has 0 bridgehead atoms. The summed E-state index contributed by atoms with van der Waals surface area (Å²) in [5.74, 6) is 0. The van der Waals surface area contributed by atoms with Gasteiger partial charge in [-0.05, 0) is 74.6 Å². The predicted octanol–water partition coefficient (Wildman–Crippen LogP) is 5.55. The van der Waals surface area contributed by atoms with Crippen molar-refractivity contribution in [3.05, 3.63) is 42.1 Å². The number of aryl methyl sites for hydroxylation is 2. The zero-order chi connectivity index (χ0) is 21.0. The summed E-state index contributed by atoms with van der Waals surface area (Å²) in [4.78, 5) is 7.35. The number of hydrogen-bond acceptors (Lipinski definition) is 5. The minimum absolute atomic E-state index is 0. The molecular formula is C24H30ClN5S. The van der Waals surface area contributed by atoms with Gasteiger partial charge in [0.2, 0.25) is 0 Å². The fraction of sp³-hybridized carbons (Fsp3) is 0.417. The lowest BCUT2D eigenvalue weighted by Crippen LogP contribution is -2.49. The van der Waals surface area contributed by atoms with Gasteiger partial charge >= 0.3 is 0 Å². The molecule has 1 fully saturated rings. The van der Waals surface area contributed by atoms with Crippen molar-refractivity contribution >= 4 is 50.0 Å². The Labute approximate surface area is 193 Å². The fourth-order valence-electron chi connectivity index (χ4n) is 4.85. The number of piperidine rings is 1. The molecule has 0 amide bonds. The van der Waals surface area contributed by atoms with E-state index in [2.05, 4.69) is 79.7 Å². The molecule has 2 aromatic carbocycles. The number of aromatic nitrogens is 3. The van der Waals surface area contributed by atoms with Gasteiger partial charge in [0.05, 0.1) is 15.7 Å². The standard InChI is InChI=1S/C24H29N5S.ClH/c1-14-8-18(11-19-13-28(4)27-23(14)19)17-6-7-21-22(12-17)30-24(26-21)29(5)20-9-15(2)25-16(3)10-20;/h6-8,11-13,15-16,20,25H,9-10H2,1-5H3;1H. The highest BCUT2D eigenvalue weighted by Gasteiger charge is 2.27. The Bertz CT molecular complexity index is 1220. The van der Waals surface area contributed by atoms with Crippen molar-refractivity contribution in [2.45, 2.75) is 51.7 Å². The highest BCUT2D eigenvalue weighted by molar-refractivity contribution is 7.22. The Kier molecular flexibility index (Phi) is 5.99. The maximum absolute atomic E-state index is 4.95. The molecule has 0 radical (unpaired) electrons. The van der Waals surface area contributed by atoms with Crippen LogP contribution >= 0.6 is 23.7 Å². The number of nitrogens with one attached hydrogen (secondary N) is 1. The summed E-state index contributed by atoms with van der Waals surface area (Å²) in [5, 5.41) is 10.5. The Hall–Kier alpha value is -2.15. The molecule has 0 aliphatic carbocycles. The van der Waals surface area contributed by atoms with Gasteiger partial charge in [-0.15, -0.1) is 12.4 Å². The van der Waals surface area contributed by atoms with Crippen molar-refractivity contribution in [1.82, 2.24) is 20.1 Å². The Morgan fingerprint density at radius 2 is 1.84 bits per heavy atom. The van der Waals surface area contributed by atoms with Gasteiger partial charge < -0.3 is 10.2 Å². The quantitative estimate of drug-likeness (QED) is 0.440. The number of anilines is 1. The molecule has 3 heterocycles. The van der Waals surface area contributed by atoms with Crippen molar-refractivity contribution in [1.29, 1.82) is 0 Å². The van der Waals surface area contributed by atoms with Gasteiger partial charge in [-0.3, -0.25) is 4.68 Å². The summed E-state index contributed by atoms with van der Waals surface area (Å²) in [6.45, 7) is 6.70. The van der Waals surface area contributed by atoms with Crippen LogP contribution in [0.4, 0.5) is 5.13 Å². The lowest BCUT2D eigenvalue weighted by atomic mass is 9.95. The van der Waals surface area contributed by atoms with Gasteiger partial charge in [0.15, 0.2) is 5.13 Å². The second-order valence-corrected chi connectivity index (χ2v) is 9.93. The van der Waals surface area contributed by atoms with E-state index in [-0.39, 0.29) is 12.4 Å². The first kappa shape index (κ1) is 22.1. The Morgan fingerprint density at radius 3 is 2.58 bits per heavy atom. The van der Waals surface area contributed by atoms with E-state index in [1.165, 1.54) is 26.8 Å². The van der Waals surface area contributed by atoms with Crippen molar-refractivity contribution in [3.8, 4) is 11.1 Å². The van der Waals surface area contributed by atoms with E-state index in [4.69, 9.17) is 4.98 Å². The second kappa shape index (κ2) is 8.41. The molecule has 2 unspecified atom stereocenters. The maximum atomic E-state index is 4.95. The molecule has 0 saturated carbocycles. The lowest BCUT2D eigenvalue weighted by Gasteiger charge is -2.38. The average Bonchev–Trinajstić information content (AvgIpc) is 3.29. The molecule has 1 N–H and O–H groups in total. The fourth-order valence-corrected chi connectivity index (χ4v) is 5.88. The molecule has 5 nitrogen and oxygen atoms in total. The van der Waals surface area contributed by atoms with Crippen molar-refractivity contribution in [2.24, 2.45) is 7.05 Å². The van der Waals surface area contributed by atoms with Crippen molar-refractivity contribution in [3.63, 3.8) is 0 Å². The van der Waals surface area contributed by atoms with Gasteiger partial charge in [-0.2, -0.15) is 5.10 Å². The first-order valence-electron chi connectivity index (χ1n) is 10.7. The van der Waals surface area contributed by atoms with Crippen LogP contribution < -0.4 is 10.2 Å². The monoisotopic (exact) mass is 455 g/mol. The van der Waals surface area contributed by atoms with Crippen LogP contribution in [0.25, 0.3) is 32.2 Å². The third-order valence-electron chi connectivity index (χ3n) is 6.29. The first-order valence-corrected chi connectivity index (χ1v) is 11.5. The van der Waals surface area contributed by atoms with E-state index >= 15 is 0 Å². The van der Waals surface area contributed by atoms with E-state index in [1.807, 2.05) is 11.7 Å². The number of benzene rings is 2. The van der Waals surface area contributed by atoms with Crippen LogP contribution in [0, 0.1) is 6.92 Å². The largest absolute Gasteiger partial charge is 0.348 e. The summed E-state index contributed by atoms with van der Waals surface area (Å²) >= 11 is 1.80. The second-order valence-electron chi connectivity index (χ2n) is 8.92. The zero-order valence-electron chi connectivity index (χ0n) is 18.7. The maximum Gasteiger partial charge on any atom is 0.186 e. The van der Waals surface area contributed by atoms with Gasteiger partial charge in [-0.25, -0.2) is 4.98 Å². The minimum atomic E-state index is 0. The normalized spacial score (nSPS) is 21.4. The molecule has 4 aromatic rings. The Morgan fingerprint density at radius 1 is 1.10 bits per heavy atom. The molecule has 1 aliphatic rings. The molecular weight excluding hydrogens is 426 g/mol. The number of rotatable bonds is 3. The molecule has 164 valence electrons. The van der Waals surface area contributed by atoms with Gasteiger partial charge in [-0.1, -0.05) is 17.4 Å². The molecule has 1 aliphatic heterocycles. The molecule has 2 aromatic heterocycles. The molecule has 7 heteroatoms. The van der Waals surface area contributed by atoms with Crippen LogP contribution in [0.2, 0.25) is 0 Å². The molecule has 31 heavy (non-hydrogen) atoms. The van der Waals surface area contributed by atoms with E-state index in [9.17, 15) is 0 Å². The van der Waals surface area contributed by atoms with Crippen molar-refractivity contribution < 1.29 is 0 Å². The summed E-state index contributed by atoms with van der Waals surface area (Å²) in [6.07, 6.45) is 4.41. The molecule has 1 saturated heterocycles. The predicted molar refractivity (Wildman–Crippen MR) is 135 cm³/mol. The number of thiazole rings is 1. The topological polar surface area (TPSA) is 46.0 Å². The smallest absolute Gasteiger partial charge is 0.186 e. The van der Waals surface area contributed by atoms with E-state index in [0.29, 0.717) is 18.1 Å². The van der Waals surface area contributed by atoms with Crippen LogP contribution in [0.1, 0.15) is 32.3 Å². The first-order chi connectivity index (χ1) is 14.4. The highest BCUT2D eigenvalue weighted by Crippen LogP contribution is 2.35. The average molecular weight is 456 g/mol. The van der Waals surface area contributed by atoms with Crippen LogP contribution in [0.3, 0.4) is 0 Å². The van der Waals surface area contributed by atoms with E-state index < -0.39 is 0 Å². The molecule has 5 rings (SSSR count). The number of nitrogens with zero attached hydrogens (tertiary/aromatic N) is 4. The van der Waals surface area contributed by atoms with Gasteiger partial charge in [0.25, 0.3) is 0 Å². The number of fused-ring (bicyclic) bond motifs is 2. The van der Waals surface area contributed by atoms with Crippen LogP contribution in [-0.4, -0.2) is 39.9 Å². The Balaban J connectivity index is 0.00000231.